The van der Waals surface area contributed by atoms with E-state index in [0.717, 1.165) is 11.3 Å². The Bertz CT molecular complexity index is 1140. The summed E-state index contributed by atoms with van der Waals surface area (Å²) in [4.78, 5) is 51.8. The summed E-state index contributed by atoms with van der Waals surface area (Å²) in [5.41, 5.74) is 0.923. The number of fused-ring (bicyclic) bond motifs is 1. The second kappa shape index (κ2) is 7.72. The van der Waals surface area contributed by atoms with Gasteiger partial charge >= 0.3 is 0 Å². The maximum Gasteiger partial charge on any atom is 0.261 e. The molecular formula is C18H14N6O4S. The highest BCUT2D eigenvalue weighted by atomic mass is 32.1. The molecule has 146 valence electrons. The Kier molecular flexibility index (Phi) is 4.96. The molecule has 1 aliphatic rings. The Hall–Kier alpha value is -3.73. The van der Waals surface area contributed by atoms with Crippen LogP contribution in [0.25, 0.3) is 21.7 Å². The van der Waals surface area contributed by atoms with Crippen molar-refractivity contribution in [1.82, 2.24) is 25.6 Å². The molecular weight excluding hydrogens is 396 g/mol. The maximum atomic E-state index is 12.5. The van der Waals surface area contributed by atoms with Crippen LogP contribution in [0, 0.1) is 5.92 Å². The van der Waals surface area contributed by atoms with E-state index in [-0.39, 0.29) is 30.6 Å². The third-order valence-electron chi connectivity index (χ3n) is 4.14. The van der Waals surface area contributed by atoms with Crippen LogP contribution in [-0.4, -0.2) is 57.1 Å². The molecule has 1 atom stereocenters. The van der Waals surface area contributed by atoms with Crippen molar-refractivity contribution in [3.8, 4) is 17.4 Å². The number of rotatable bonds is 5. The number of nitrogens with one attached hydrogen (secondary N) is 2. The fourth-order valence-electron chi connectivity index (χ4n) is 2.66. The van der Waals surface area contributed by atoms with Crippen molar-refractivity contribution in [2.75, 3.05) is 13.1 Å². The van der Waals surface area contributed by atoms with E-state index in [0.29, 0.717) is 27.1 Å². The van der Waals surface area contributed by atoms with Gasteiger partial charge in [0, 0.05) is 6.20 Å². The van der Waals surface area contributed by atoms with E-state index >= 15 is 0 Å². The van der Waals surface area contributed by atoms with Gasteiger partial charge in [0.2, 0.25) is 11.8 Å². The highest BCUT2D eigenvalue weighted by Gasteiger charge is 2.24. The molecule has 1 unspecified atom stereocenters. The molecule has 0 bridgehead atoms. The summed E-state index contributed by atoms with van der Waals surface area (Å²) in [7, 11) is 0. The standard InChI is InChI=1S/C18H14N6O4S/c25-8-9-6-20-13(23-16(9)26)7-21-17(27)12-5-11-14(29-12)18(28)24-15(22-11)10-3-1-2-4-19-10/h1-5,8-9H,6-7H2,(H,21,27)(H,20,23,26)(H,22,24,28). The van der Waals surface area contributed by atoms with Gasteiger partial charge in [-0.05, 0) is 18.2 Å². The second-order valence-corrected chi connectivity index (χ2v) is 7.16. The number of carbonyl (C=O) groups is 3. The van der Waals surface area contributed by atoms with E-state index in [1.54, 1.807) is 30.5 Å². The first-order valence-electron chi connectivity index (χ1n) is 8.55. The minimum atomic E-state index is -0.799. The molecule has 0 fully saturated rings. The molecule has 11 heteroatoms. The first-order chi connectivity index (χ1) is 14.0. The molecule has 2 amide bonds. The van der Waals surface area contributed by atoms with Gasteiger partial charge in [-0.15, -0.1) is 11.3 Å². The Balaban J connectivity index is 1.51. The van der Waals surface area contributed by atoms with E-state index in [1.165, 1.54) is 0 Å². The second-order valence-electron chi connectivity index (χ2n) is 6.11. The van der Waals surface area contributed by atoms with Crippen molar-refractivity contribution >= 4 is 45.5 Å². The number of aromatic nitrogens is 3. The summed E-state index contributed by atoms with van der Waals surface area (Å²) in [6, 6.07) is 6.80. The van der Waals surface area contributed by atoms with Crippen molar-refractivity contribution < 1.29 is 19.5 Å². The first-order valence-corrected chi connectivity index (χ1v) is 9.36. The number of amides is 2. The van der Waals surface area contributed by atoms with Crippen LogP contribution in [-0.2, 0) is 9.59 Å². The SMILES string of the molecule is O=CC1CN=C(CNC(=O)c2cc3nc(-c4ccccn4)nc(O)c3s2)NC1=O. The predicted molar refractivity (Wildman–Crippen MR) is 105 cm³/mol. The van der Waals surface area contributed by atoms with Crippen LogP contribution in [0.4, 0.5) is 0 Å². The number of nitrogens with zero attached hydrogens (tertiary/aromatic N) is 4. The lowest BCUT2D eigenvalue weighted by Crippen LogP contribution is -2.46. The number of thiophene rings is 1. The molecule has 0 aliphatic carbocycles. The molecule has 4 rings (SSSR count). The minimum absolute atomic E-state index is 0.00123. The van der Waals surface area contributed by atoms with Gasteiger partial charge in [-0.1, -0.05) is 6.07 Å². The Morgan fingerprint density at radius 2 is 2.24 bits per heavy atom. The number of aliphatic imine (C=N–C) groups is 1. The van der Waals surface area contributed by atoms with Gasteiger partial charge in [-0.25, -0.2) is 4.98 Å². The Labute approximate surface area is 167 Å². The van der Waals surface area contributed by atoms with E-state index in [4.69, 9.17) is 0 Å². The normalized spacial score (nSPS) is 16.2. The van der Waals surface area contributed by atoms with Gasteiger partial charge in [-0.2, -0.15) is 4.98 Å². The van der Waals surface area contributed by atoms with Crippen LogP contribution in [0.15, 0.2) is 35.5 Å². The number of carbonyl (C=O) groups excluding carboxylic acids is 3. The van der Waals surface area contributed by atoms with Crippen LogP contribution in [0.1, 0.15) is 9.67 Å². The Morgan fingerprint density at radius 3 is 2.97 bits per heavy atom. The third-order valence-corrected chi connectivity index (χ3v) is 5.25. The summed E-state index contributed by atoms with van der Waals surface area (Å²) >= 11 is 1.05. The van der Waals surface area contributed by atoms with Gasteiger partial charge in [0.1, 0.15) is 28.4 Å². The topological polar surface area (TPSA) is 147 Å². The maximum absolute atomic E-state index is 12.5. The Morgan fingerprint density at radius 1 is 1.38 bits per heavy atom. The van der Waals surface area contributed by atoms with Crippen LogP contribution in [0.2, 0.25) is 0 Å². The fraction of sp³-hybridized carbons (Fsp3) is 0.167. The average Bonchev–Trinajstić information content (AvgIpc) is 3.18. The summed E-state index contributed by atoms with van der Waals surface area (Å²) in [6.45, 7) is 0.0599. The third kappa shape index (κ3) is 3.80. The first kappa shape index (κ1) is 18.6. The molecule has 0 radical (unpaired) electrons. The predicted octanol–water partition coefficient (Wildman–Crippen LogP) is 0.532. The number of amidine groups is 1. The molecule has 10 nitrogen and oxygen atoms in total. The molecule has 0 spiro atoms. The number of pyridine rings is 1. The van der Waals surface area contributed by atoms with Crippen molar-refractivity contribution in [2.45, 2.75) is 0 Å². The summed E-state index contributed by atoms with van der Waals surface area (Å²) in [5.74, 6) is -1.35. The lowest BCUT2D eigenvalue weighted by molar-refractivity contribution is -0.127. The van der Waals surface area contributed by atoms with Gasteiger partial charge in [0.25, 0.3) is 5.91 Å². The van der Waals surface area contributed by atoms with Crippen molar-refractivity contribution in [3.05, 3.63) is 35.3 Å². The van der Waals surface area contributed by atoms with Gasteiger partial charge < -0.3 is 20.5 Å². The average molecular weight is 410 g/mol. The lowest BCUT2D eigenvalue weighted by Gasteiger charge is -2.17. The van der Waals surface area contributed by atoms with Crippen LogP contribution in [0.3, 0.4) is 0 Å². The highest BCUT2D eigenvalue weighted by molar-refractivity contribution is 7.21. The quantitative estimate of drug-likeness (QED) is 0.411. The molecule has 0 saturated carbocycles. The van der Waals surface area contributed by atoms with Crippen LogP contribution < -0.4 is 10.6 Å². The van der Waals surface area contributed by atoms with E-state index in [1.807, 2.05) is 0 Å². The lowest BCUT2D eigenvalue weighted by atomic mass is 10.1. The summed E-state index contributed by atoms with van der Waals surface area (Å²) < 4.78 is 0.381. The number of aromatic hydroxyl groups is 1. The van der Waals surface area contributed by atoms with Crippen LogP contribution in [0.5, 0.6) is 5.88 Å². The van der Waals surface area contributed by atoms with Crippen molar-refractivity contribution in [1.29, 1.82) is 0 Å². The number of hydrogen-bond acceptors (Lipinski definition) is 9. The zero-order valence-electron chi connectivity index (χ0n) is 14.8. The molecule has 0 saturated heterocycles. The van der Waals surface area contributed by atoms with E-state index < -0.39 is 17.7 Å². The minimum Gasteiger partial charge on any atom is -0.492 e. The monoisotopic (exact) mass is 410 g/mol. The molecule has 3 N–H and O–H groups in total. The molecule has 29 heavy (non-hydrogen) atoms. The van der Waals surface area contributed by atoms with Crippen molar-refractivity contribution in [3.63, 3.8) is 0 Å². The molecule has 0 aromatic carbocycles. The molecule has 1 aliphatic heterocycles. The molecule has 3 aromatic heterocycles. The van der Waals surface area contributed by atoms with E-state index in [9.17, 15) is 19.5 Å². The van der Waals surface area contributed by atoms with Gasteiger partial charge in [0.15, 0.2) is 5.82 Å². The molecule has 4 heterocycles. The number of hydrogen-bond donors (Lipinski definition) is 3. The smallest absolute Gasteiger partial charge is 0.261 e. The fourth-order valence-corrected chi connectivity index (χ4v) is 3.56. The molecule has 3 aromatic rings. The highest BCUT2D eigenvalue weighted by Crippen LogP contribution is 2.32. The van der Waals surface area contributed by atoms with Gasteiger partial charge in [0.05, 0.1) is 23.5 Å². The van der Waals surface area contributed by atoms with Crippen LogP contribution >= 0.6 is 11.3 Å². The number of aldehydes is 1. The van der Waals surface area contributed by atoms with Gasteiger partial charge in [-0.3, -0.25) is 19.6 Å². The zero-order chi connectivity index (χ0) is 20.4. The van der Waals surface area contributed by atoms with E-state index in [2.05, 4.69) is 30.6 Å². The summed E-state index contributed by atoms with van der Waals surface area (Å²) in [6.07, 6.45) is 2.13. The largest absolute Gasteiger partial charge is 0.492 e. The zero-order valence-corrected chi connectivity index (χ0v) is 15.6. The summed E-state index contributed by atoms with van der Waals surface area (Å²) in [5, 5.41) is 15.4. The van der Waals surface area contributed by atoms with Crippen molar-refractivity contribution in [2.24, 2.45) is 10.9 Å².